The number of nitrogens with zero attached hydrogens (tertiary/aromatic N) is 7. The van der Waals surface area contributed by atoms with Crippen molar-refractivity contribution in [2.75, 3.05) is 63.7 Å². The van der Waals surface area contributed by atoms with Crippen LogP contribution in [0.2, 0.25) is 0 Å². The molecule has 0 saturated carbocycles. The van der Waals surface area contributed by atoms with E-state index in [4.69, 9.17) is 36.6 Å². The Bertz CT molecular complexity index is 2580. The van der Waals surface area contributed by atoms with E-state index < -0.39 is 29.7 Å². The van der Waals surface area contributed by atoms with Gasteiger partial charge in [-0.15, -0.1) is 0 Å². The van der Waals surface area contributed by atoms with Crippen LogP contribution in [0.1, 0.15) is 52.4 Å². The predicted octanol–water partition coefficient (Wildman–Crippen LogP) is 2.55. The normalized spacial score (nSPS) is 17.7. The van der Waals surface area contributed by atoms with E-state index in [2.05, 4.69) is 20.6 Å². The van der Waals surface area contributed by atoms with E-state index in [1.54, 1.807) is 17.0 Å². The second kappa shape index (κ2) is 19.3. The van der Waals surface area contributed by atoms with Gasteiger partial charge < -0.3 is 40.9 Å². The zero-order valence-corrected chi connectivity index (χ0v) is 34.9. The lowest BCUT2D eigenvalue weighted by atomic mass is 10.0. The Balaban J connectivity index is 0.776. The summed E-state index contributed by atoms with van der Waals surface area (Å²) in [7, 11) is 0. The number of hydrazine groups is 1. The van der Waals surface area contributed by atoms with Gasteiger partial charge in [0.25, 0.3) is 17.7 Å². The minimum absolute atomic E-state index is 0.0202. The second-order valence-corrected chi connectivity index (χ2v) is 15.4. The number of nitrogens with one attached hydrogen (secondary N) is 2. The van der Waals surface area contributed by atoms with E-state index in [1.165, 1.54) is 23.6 Å². The smallest absolute Gasteiger partial charge is 0.271 e. The van der Waals surface area contributed by atoms with Crippen LogP contribution < -0.4 is 32.7 Å². The fourth-order valence-electron chi connectivity index (χ4n) is 7.99. The number of fused-ring (bicyclic) bond motifs is 2. The molecule has 8 rings (SSSR count). The summed E-state index contributed by atoms with van der Waals surface area (Å²) in [6, 6.07) is 20.7. The molecule has 20 heteroatoms. The number of piperidine rings is 2. The zero-order valence-electron chi connectivity index (χ0n) is 34.9. The highest BCUT2D eigenvalue weighted by Gasteiger charge is 2.45. The number of ether oxygens (including phenoxy) is 3. The van der Waals surface area contributed by atoms with Crippen LogP contribution in [-0.2, 0) is 23.9 Å². The number of benzene rings is 3. The summed E-state index contributed by atoms with van der Waals surface area (Å²) in [5.74, 6) is 5.23. The van der Waals surface area contributed by atoms with Crippen LogP contribution in [0.3, 0.4) is 0 Å². The highest BCUT2D eigenvalue weighted by molar-refractivity contribution is 6.25. The number of carbonyl (C=O) groups is 5. The topological polar surface area (TPSA) is 268 Å². The molecule has 2 unspecified atom stereocenters. The fraction of sp³-hybridized carbons (Fsp3) is 0.318. The Morgan fingerprint density at radius 3 is 2.45 bits per heavy atom. The zero-order chi connectivity index (χ0) is 44.7. The van der Waals surface area contributed by atoms with Crippen molar-refractivity contribution in [3.05, 3.63) is 102 Å². The van der Waals surface area contributed by atoms with Gasteiger partial charge in [0.15, 0.2) is 5.65 Å². The Hall–Kier alpha value is -7.42. The fourth-order valence-corrected chi connectivity index (χ4v) is 7.99. The summed E-state index contributed by atoms with van der Waals surface area (Å²) in [5.41, 5.74) is 15.4. The van der Waals surface area contributed by atoms with Crippen molar-refractivity contribution in [2.24, 2.45) is 11.6 Å². The summed E-state index contributed by atoms with van der Waals surface area (Å²) in [6.45, 7) is 2.47. The molecule has 0 radical (unpaired) electrons. The second-order valence-electron chi connectivity index (χ2n) is 15.4. The number of hydrogen-bond donors (Lipinski definition) is 5. The number of imide groups is 2. The molecule has 0 bridgehead atoms. The van der Waals surface area contributed by atoms with Crippen LogP contribution in [0.25, 0.3) is 22.3 Å². The van der Waals surface area contributed by atoms with Crippen molar-refractivity contribution in [1.29, 1.82) is 0 Å². The number of anilines is 2. The maximum absolute atomic E-state index is 13.5. The van der Waals surface area contributed by atoms with Gasteiger partial charge in [-0.2, -0.15) is 5.10 Å². The monoisotopic (exact) mass is 872 g/mol. The number of nitrogen functional groups attached to an aromatic ring is 1. The van der Waals surface area contributed by atoms with E-state index >= 15 is 0 Å². The third-order valence-electron chi connectivity index (χ3n) is 11.1. The molecule has 0 aliphatic carbocycles. The van der Waals surface area contributed by atoms with Gasteiger partial charge in [0.2, 0.25) is 11.8 Å². The van der Waals surface area contributed by atoms with Crippen LogP contribution in [-0.4, -0.2) is 123 Å². The van der Waals surface area contributed by atoms with Crippen molar-refractivity contribution in [3.8, 4) is 22.8 Å². The van der Waals surface area contributed by atoms with Crippen LogP contribution in [0.5, 0.6) is 11.5 Å². The van der Waals surface area contributed by atoms with Gasteiger partial charge in [-0.3, -0.25) is 34.2 Å². The molecule has 3 aromatic carbocycles. The number of carbonyl (C=O) groups excluding carboxylic acids is 5. The number of rotatable bonds is 17. The number of likely N-dealkylation sites (tertiary alicyclic amines) is 1. The first-order valence-electron chi connectivity index (χ1n) is 20.9. The van der Waals surface area contributed by atoms with Gasteiger partial charge in [0, 0.05) is 43.5 Å². The molecule has 2 atom stereocenters. The number of aromatic nitrogens is 4. The summed E-state index contributed by atoms with van der Waals surface area (Å²) in [5, 5.41) is 12.2. The first-order chi connectivity index (χ1) is 31.1. The van der Waals surface area contributed by atoms with Gasteiger partial charge in [0.05, 0.1) is 55.5 Å². The Morgan fingerprint density at radius 1 is 0.906 bits per heavy atom. The van der Waals surface area contributed by atoms with Crippen LogP contribution in [0.15, 0.2) is 91.0 Å². The molecular weight excluding hydrogens is 825 g/mol. The lowest BCUT2D eigenvalue weighted by molar-refractivity contribution is -0.136. The van der Waals surface area contributed by atoms with Gasteiger partial charge in [0.1, 0.15) is 41.1 Å². The van der Waals surface area contributed by atoms with Crippen molar-refractivity contribution in [3.63, 3.8) is 0 Å². The van der Waals surface area contributed by atoms with E-state index in [1.807, 2.05) is 59.3 Å². The molecule has 3 aliphatic heterocycles. The predicted molar refractivity (Wildman–Crippen MR) is 233 cm³/mol. The number of hydrogen-bond acceptors (Lipinski definition) is 16. The van der Waals surface area contributed by atoms with Crippen LogP contribution >= 0.6 is 0 Å². The molecule has 5 heterocycles. The van der Waals surface area contributed by atoms with E-state index in [-0.39, 0.29) is 74.6 Å². The molecule has 2 fully saturated rings. The lowest BCUT2D eigenvalue weighted by Gasteiger charge is -2.33. The number of para-hydroxylation sites is 1. The maximum atomic E-state index is 13.5. The summed E-state index contributed by atoms with van der Waals surface area (Å²) in [4.78, 5) is 75.3. The van der Waals surface area contributed by atoms with Gasteiger partial charge in [-0.05, 0) is 67.8 Å². The molecule has 332 valence electrons. The SMILES string of the molecule is N/C(=C\N(N)CCOCCOCCNc1cccc2c1C(=O)N(C1CCC(=O)NC1=O)C2=O)C(=O)N1CCCC(n2nc(-c3ccc(Oc4ccccc4)cc3)c3c(N)ncnc32)C1. The molecule has 2 aromatic heterocycles. The molecule has 0 spiro atoms. The summed E-state index contributed by atoms with van der Waals surface area (Å²) >= 11 is 0. The number of amides is 5. The minimum Gasteiger partial charge on any atom is -0.457 e. The van der Waals surface area contributed by atoms with Crippen molar-refractivity contribution in [2.45, 2.75) is 37.8 Å². The highest BCUT2D eigenvalue weighted by atomic mass is 16.5. The Labute approximate surface area is 367 Å². The Morgan fingerprint density at radius 2 is 1.67 bits per heavy atom. The first-order valence-corrected chi connectivity index (χ1v) is 20.9. The van der Waals surface area contributed by atoms with Crippen molar-refractivity contribution >= 4 is 52.1 Å². The van der Waals surface area contributed by atoms with Crippen LogP contribution in [0.4, 0.5) is 11.5 Å². The van der Waals surface area contributed by atoms with Crippen LogP contribution in [0, 0.1) is 0 Å². The quantitative estimate of drug-likeness (QED) is 0.0295. The van der Waals surface area contributed by atoms with Crippen molar-refractivity contribution < 1.29 is 38.2 Å². The summed E-state index contributed by atoms with van der Waals surface area (Å²) in [6.07, 6.45) is 4.38. The minimum atomic E-state index is -1.04. The van der Waals surface area contributed by atoms with Crippen molar-refractivity contribution in [1.82, 2.24) is 39.9 Å². The van der Waals surface area contributed by atoms with Gasteiger partial charge in [-0.25, -0.2) is 20.5 Å². The molecule has 20 nitrogen and oxygen atoms in total. The highest BCUT2D eigenvalue weighted by Crippen LogP contribution is 2.36. The molecule has 3 aliphatic rings. The largest absolute Gasteiger partial charge is 0.457 e. The maximum Gasteiger partial charge on any atom is 0.271 e. The summed E-state index contributed by atoms with van der Waals surface area (Å²) < 4.78 is 19.1. The third-order valence-corrected chi connectivity index (χ3v) is 11.1. The number of nitrogens with two attached hydrogens (primary N) is 3. The third kappa shape index (κ3) is 9.33. The average molecular weight is 873 g/mol. The molecule has 8 N–H and O–H groups in total. The van der Waals surface area contributed by atoms with E-state index in [0.29, 0.717) is 60.0 Å². The molecular formula is C44H48N12O8. The first kappa shape index (κ1) is 43.2. The average Bonchev–Trinajstić information content (AvgIpc) is 3.81. The standard InChI is InChI=1S/C44H48N12O8/c45-32(25-54(47)19-21-63-23-22-62-20-17-48-33-10-4-9-31-36(33)44(61)55(42(31)59)34-15-16-35(57)51-41(34)58)43(60)53-18-5-6-28(24-53)56-40-37(39(46)49-26-50-40)38(52-56)27-11-13-30(14-12-27)64-29-7-2-1-3-8-29/h1-4,7-14,25-26,28,34,48H,5-6,15-24,45,47H2,(H2,46,49,50)(H,51,57,58)/b32-25-. The van der Waals surface area contributed by atoms with E-state index in [9.17, 15) is 24.0 Å². The van der Waals surface area contributed by atoms with Gasteiger partial charge >= 0.3 is 0 Å². The Kier molecular flexibility index (Phi) is 13.1. The molecule has 2 saturated heterocycles. The van der Waals surface area contributed by atoms with Gasteiger partial charge in [-0.1, -0.05) is 24.3 Å². The molecule has 5 aromatic rings. The lowest BCUT2D eigenvalue weighted by Crippen LogP contribution is -2.54. The van der Waals surface area contributed by atoms with E-state index in [0.717, 1.165) is 22.6 Å². The molecule has 64 heavy (non-hydrogen) atoms. The molecule has 5 amide bonds.